The summed E-state index contributed by atoms with van der Waals surface area (Å²) in [5.74, 6) is -1.36. The first kappa shape index (κ1) is 13.9. The number of rotatable bonds is 5. The Kier molecular flexibility index (Phi) is 4.89. The molecule has 0 bridgehead atoms. The van der Waals surface area contributed by atoms with E-state index in [1.165, 1.54) is 18.2 Å². The van der Waals surface area contributed by atoms with Gasteiger partial charge < -0.3 is 9.84 Å². The molecule has 0 radical (unpaired) electrons. The number of hydrogen-bond acceptors (Lipinski definition) is 2. The van der Waals surface area contributed by atoms with E-state index in [9.17, 15) is 17.6 Å². The van der Waals surface area contributed by atoms with Gasteiger partial charge in [-0.2, -0.15) is 13.2 Å². The molecule has 0 aliphatic rings. The third-order valence-electron chi connectivity index (χ3n) is 2.15. The van der Waals surface area contributed by atoms with E-state index in [2.05, 4.69) is 4.74 Å². The molecule has 0 heterocycles. The zero-order chi connectivity index (χ0) is 12.9. The van der Waals surface area contributed by atoms with Crippen LogP contribution in [-0.2, 0) is 4.74 Å². The number of hydrogen-bond donors (Lipinski definition) is 1. The minimum absolute atomic E-state index is 0.150. The molecule has 96 valence electrons. The third kappa shape index (κ3) is 4.70. The maximum absolute atomic E-state index is 13.3. The van der Waals surface area contributed by atoms with Gasteiger partial charge in [-0.25, -0.2) is 4.39 Å². The van der Waals surface area contributed by atoms with Crippen LogP contribution in [0.1, 0.15) is 11.5 Å². The van der Waals surface area contributed by atoms with Crippen molar-refractivity contribution >= 4 is 0 Å². The Hall–Kier alpha value is -1.14. The van der Waals surface area contributed by atoms with Crippen LogP contribution in [0.5, 0.6) is 0 Å². The lowest BCUT2D eigenvalue weighted by Crippen LogP contribution is -2.21. The van der Waals surface area contributed by atoms with Gasteiger partial charge in [0.05, 0.1) is 13.2 Å². The number of halogens is 4. The monoisotopic (exact) mass is 252 g/mol. The van der Waals surface area contributed by atoms with Gasteiger partial charge in [0.15, 0.2) is 0 Å². The van der Waals surface area contributed by atoms with Crippen molar-refractivity contribution in [2.24, 2.45) is 0 Å². The van der Waals surface area contributed by atoms with Crippen LogP contribution in [0.3, 0.4) is 0 Å². The van der Waals surface area contributed by atoms with Gasteiger partial charge in [-0.1, -0.05) is 18.2 Å². The molecule has 1 atom stereocenters. The average molecular weight is 252 g/mol. The summed E-state index contributed by atoms with van der Waals surface area (Å²) >= 11 is 0. The standard InChI is InChI=1S/C11H12F4O2/c12-10-4-2-1-3-9(10)8(5-16)6-17-7-11(13,14)15/h1-4,8,16H,5-7H2. The number of aliphatic hydroxyl groups excluding tert-OH is 1. The molecule has 0 fully saturated rings. The fourth-order valence-corrected chi connectivity index (χ4v) is 1.36. The number of alkyl halides is 3. The molecule has 2 nitrogen and oxygen atoms in total. The first-order valence-corrected chi connectivity index (χ1v) is 4.94. The topological polar surface area (TPSA) is 29.5 Å². The van der Waals surface area contributed by atoms with Gasteiger partial charge in [-0.3, -0.25) is 0 Å². The van der Waals surface area contributed by atoms with Gasteiger partial charge in [0.1, 0.15) is 12.4 Å². The molecule has 1 aromatic carbocycles. The second-order valence-electron chi connectivity index (χ2n) is 3.53. The van der Waals surface area contributed by atoms with Crippen LogP contribution in [0.15, 0.2) is 24.3 Å². The summed E-state index contributed by atoms with van der Waals surface area (Å²) in [6, 6.07) is 5.60. The number of ether oxygens (including phenoxy) is 1. The minimum Gasteiger partial charge on any atom is -0.396 e. The van der Waals surface area contributed by atoms with Crippen LogP contribution >= 0.6 is 0 Å². The van der Waals surface area contributed by atoms with Crippen molar-refractivity contribution in [1.82, 2.24) is 0 Å². The van der Waals surface area contributed by atoms with Crippen LogP contribution in [0, 0.1) is 5.82 Å². The Morgan fingerprint density at radius 3 is 2.41 bits per heavy atom. The molecule has 17 heavy (non-hydrogen) atoms. The highest BCUT2D eigenvalue weighted by Gasteiger charge is 2.28. The van der Waals surface area contributed by atoms with E-state index in [4.69, 9.17) is 5.11 Å². The second kappa shape index (κ2) is 5.97. The van der Waals surface area contributed by atoms with E-state index in [0.717, 1.165) is 0 Å². The van der Waals surface area contributed by atoms with Crippen LogP contribution in [0.2, 0.25) is 0 Å². The lowest BCUT2D eigenvalue weighted by atomic mass is 10.0. The Bertz CT molecular complexity index is 352. The summed E-state index contributed by atoms with van der Waals surface area (Å²) in [4.78, 5) is 0. The first-order valence-electron chi connectivity index (χ1n) is 4.94. The molecule has 1 unspecified atom stereocenters. The van der Waals surface area contributed by atoms with Crippen molar-refractivity contribution < 1.29 is 27.4 Å². The smallest absolute Gasteiger partial charge is 0.396 e. The maximum atomic E-state index is 13.3. The van der Waals surface area contributed by atoms with Crippen molar-refractivity contribution in [3.8, 4) is 0 Å². The highest BCUT2D eigenvalue weighted by Crippen LogP contribution is 2.21. The Labute approximate surface area is 95.8 Å². The molecule has 1 N–H and O–H groups in total. The second-order valence-corrected chi connectivity index (χ2v) is 3.53. The van der Waals surface area contributed by atoms with Crippen LogP contribution in [0.4, 0.5) is 17.6 Å². The highest BCUT2D eigenvalue weighted by molar-refractivity contribution is 5.21. The van der Waals surface area contributed by atoms with Gasteiger partial charge in [0, 0.05) is 5.92 Å². The van der Waals surface area contributed by atoms with Crippen molar-refractivity contribution in [2.75, 3.05) is 19.8 Å². The van der Waals surface area contributed by atoms with Crippen molar-refractivity contribution in [3.05, 3.63) is 35.6 Å². The fraction of sp³-hybridized carbons (Fsp3) is 0.455. The quantitative estimate of drug-likeness (QED) is 0.816. The molecular weight excluding hydrogens is 240 g/mol. The van der Waals surface area contributed by atoms with E-state index in [-0.39, 0.29) is 12.2 Å². The molecule has 0 spiro atoms. The molecule has 6 heteroatoms. The molecule has 1 aromatic rings. The SMILES string of the molecule is OCC(COCC(F)(F)F)c1ccccc1F. The predicted octanol–water partition coefficient (Wildman–Crippen LogP) is 2.48. The molecule has 0 aliphatic carbocycles. The minimum atomic E-state index is -4.42. The fourth-order valence-electron chi connectivity index (χ4n) is 1.36. The van der Waals surface area contributed by atoms with E-state index < -0.39 is 31.1 Å². The van der Waals surface area contributed by atoms with Crippen LogP contribution < -0.4 is 0 Å². The van der Waals surface area contributed by atoms with Crippen LogP contribution in [-0.4, -0.2) is 31.1 Å². The van der Waals surface area contributed by atoms with Crippen molar-refractivity contribution in [2.45, 2.75) is 12.1 Å². The molecule has 0 saturated heterocycles. The molecule has 0 aromatic heterocycles. The molecule has 0 aliphatic heterocycles. The first-order chi connectivity index (χ1) is 7.94. The summed E-state index contributed by atoms with van der Waals surface area (Å²) < 4.78 is 53.2. The molecule has 0 amide bonds. The van der Waals surface area contributed by atoms with Gasteiger partial charge in [-0.15, -0.1) is 0 Å². The molecular formula is C11H12F4O2. The lowest BCUT2D eigenvalue weighted by Gasteiger charge is -2.16. The van der Waals surface area contributed by atoms with Crippen molar-refractivity contribution in [3.63, 3.8) is 0 Å². The van der Waals surface area contributed by atoms with E-state index in [1.54, 1.807) is 6.07 Å². The maximum Gasteiger partial charge on any atom is 0.411 e. The molecule has 1 rings (SSSR count). The Morgan fingerprint density at radius 1 is 1.24 bits per heavy atom. The van der Waals surface area contributed by atoms with Crippen LogP contribution in [0.25, 0.3) is 0 Å². The summed E-state index contributed by atoms with van der Waals surface area (Å²) in [6.07, 6.45) is -4.42. The van der Waals surface area contributed by atoms with E-state index in [1.807, 2.05) is 0 Å². The largest absolute Gasteiger partial charge is 0.411 e. The zero-order valence-corrected chi connectivity index (χ0v) is 8.88. The van der Waals surface area contributed by atoms with Gasteiger partial charge >= 0.3 is 6.18 Å². The number of benzene rings is 1. The zero-order valence-electron chi connectivity index (χ0n) is 8.88. The average Bonchev–Trinajstić information content (AvgIpc) is 2.24. The number of aliphatic hydroxyl groups is 1. The molecule has 0 saturated carbocycles. The Balaban J connectivity index is 2.58. The van der Waals surface area contributed by atoms with E-state index in [0.29, 0.717) is 0 Å². The third-order valence-corrected chi connectivity index (χ3v) is 2.15. The van der Waals surface area contributed by atoms with Gasteiger partial charge in [-0.05, 0) is 11.6 Å². The predicted molar refractivity (Wildman–Crippen MR) is 53.1 cm³/mol. The summed E-state index contributed by atoms with van der Waals surface area (Å²) in [7, 11) is 0. The van der Waals surface area contributed by atoms with Gasteiger partial charge in [0.25, 0.3) is 0 Å². The van der Waals surface area contributed by atoms with Crippen molar-refractivity contribution in [1.29, 1.82) is 0 Å². The summed E-state index contributed by atoms with van der Waals surface area (Å²) in [5, 5.41) is 9.01. The highest BCUT2D eigenvalue weighted by atomic mass is 19.4. The summed E-state index contributed by atoms with van der Waals surface area (Å²) in [6.45, 7) is -2.26. The Morgan fingerprint density at radius 2 is 1.88 bits per heavy atom. The normalized spacial score (nSPS) is 13.7. The lowest BCUT2D eigenvalue weighted by molar-refractivity contribution is -0.175. The van der Waals surface area contributed by atoms with E-state index >= 15 is 0 Å². The van der Waals surface area contributed by atoms with Gasteiger partial charge in [0.2, 0.25) is 0 Å². The summed E-state index contributed by atoms with van der Waals surface area (Å²) in [5.41, 5.74) is 0.150.